The van der Waals surface area contributed by atoms with Crippen molar-refractivity contribution < 1.29 is 9.53 Å². The average molecular weight is 240 g/mol. The van der Waals surface area contributed by atoms with Crippen molar-refractivity contribution in [2.45, 2.75) is 77.7 Å². The largest absolute Gasteiger partial charge is 0.368 e. The molecule has 0 atom stereocenters. The van der Waals surface area contributed by atoms with Crippen LogP contribution in [0.5, 0.6) is 0 Å². The van der Waals surface area contributed by atoms with Crippen molar-refractivity contribution in [1.82, 2.24) is 0 Å². The normalized spacial score (nSPS) is 19.5. The number of carbonyl (C=O) groups excluding carboxylic acids is 1. The molecular weight excluding hydrogens is 212 g/mol. The lowest BCUT2D eigenvalue weighted by Crippen LogP contribution is -2.43. The van der Waals surface area contributed by atoms with Crippen LogP contribution in [0.4, 0.5) is 0 Å². The van der Waals surface area contributed by atoms with Gasteiger partial charge in [0.05, 0.1) is 0 Å². The summed E-state index contributed by atoms with van der Waals surface area (Å²) >= 11 is 0. The Bertz CT molecular complexity index is 222. The Labute approximate surface area is 106 Å². The van der Waals surface area contributed by atoms with E-state index in [0.717, 1.165) is 38.5 Å². The second-order valence-electron chi connectivity index (χ2n) is 5.70. The van der Waals surface area contributed by atoms with Crippen LogP contribution in [0.3, 0.4) is 0 Å². The molecule has 0 aliphatic heterocycles. The fraction of sp³-hybridized carbons (Fsp3) is 0.933. The van der Waals surface area contributed by atoms with Crippen molar-refractivity contribution in [3.05, 3.63) is 0 Å². The highest BCUT2D eigenvalue weighted by atomic mass is 16.5. The van der Waals surface area contributed by atoms with Gasteiger partial charge in [0.1, 0.15) is 5.60 Å². The topological polar surface area (TPSA) is 26.3 Å². The molecule has 0 heterocycles. The first-order chi connectivity index (χ1) is 8.10. The molecule has 1 fully saturated rings. The van der Waals surface area contributed by atoms with E-state index in [1.165, 1.54) is 6.42 Å². The molecule has 0 N–H and O–H groups in total. The van der Waals surface area contributed by atoms with Gasteiger partial charge >= 0.3 is 0 Å². The second kappa shape index (κ2) is 7.15. The van der Waals surface area contributed by atoms with Crippen LogP contribution in [0.2, 0.25) is 0 Å². The minimum Gasteiger partial charge on any atom is -0.368 e. The molecule has 0 saturated heterocycles. The first kappa shape index (κ1) is 14.7. The molecule has 100 valence electrons. The number of hydrogen-bond acceptors (Lipinski definition) is 2. The van der Waals surface area contributed by atoms with Crippen molar-refractivity contribution in [3.63, 3.8) is 0 Å². The summed E-state index contributed by atoms with van der Waals surface area (Å²) in [4.78, 5) is 12.4. The molecule has 0 radical (unpaired) electrons. The van der Waals surface area contributed by atoms with Crippen molar-refractivity contribution in [2.75, 3.05) is 6.61 Å². The summed E-state index contributed by atoms with van der Waals surface area (Å²) in [7, 11) is 0. The molecule has 2 nitrogen and oxygen atoms in total. The summed E-state index contributed by atoms with van der Waals surface area (Å²) in [6.45, 7) is 7.08. The zero-order valence-electron chi connectivity index (χ0n) is 11.8. The Morgan fingerprint density at radius 3 is 2.41 bits per heavy atom. The number of Topliss-reactive ketones (excluding diaryl/α,β-unsaturated/α-hetero) is 1. The molecule has 1 saturated carbocycles. The van der Waals surface area contributed by atoms with Crippen LogP contribution in [-0.2, 0) is 9.53 Å². The van der Waals surface area contributed by atoms with Crippen LogP contribution in [0.1, 0.15) is 72.1 Å². The Hall–Kier alpha value is -0.370. The summed E-state index contributed by atoms with van der Waals surface area (Å²) in [5.74, 6) is 1.05. The molecule has 0 aromatic rings. The Morgan fingerprint density at radius 2 is 1.88 bits per heavy atom. The van der Waals surface area contributed by atoms with Crippen LogP contribution >= 0.6 is 0 Å². The highest BCUT2D eigenvalue weighted by Crippen LogP contribution is 2.34. The van der Waals surface area contributed by atoms with E-state index in [1.807, 2.05) is 6.92 Å². The van der Waals surface area contributed by atoms with Crippen molar-refractivity contribution in [1.29, 1.82) is 0 Å². The third kappa shape index (κ3) is 4.42. The first-order valence-electron chi connectivity index (χ1n) is 7.28. The van der Waals surface area contributed by atoms with E-state index in [9.17, 15) is 4.79 Å². The van der Waals surface area contributed by atoms with Crippen molar-refractivity contribution in [3.8, 4) is 0 Å². The van der Waals surface area contributed by atoms with Gasteiger partial charge in [-0.1, -0.05) is 39.5 Å². The third-order valence-corrected chi connectivity index (χ3v) is 3.78. The SMILES string of the molecule is CCOC1(C(=O)CCCC(C)C)CCCCC1. The van der Waals surface area contributed by atoms with Crippen LogP contribution in [-0.4, -0.2) is 18.0 Å². The lowest BCUT2D eigenvalue weighted by molar-refractivity contribution is -0.149. The highest BCUT2D eigenvalue weighted by molar-refractivity contribution is 5.87. The fourth-order valence-electron chi connectivity index (χ4n) is 2.80. The zero-order chi connectivity index (χ0) is 12.7. The summed E-state index contributed by atoms with van der Waals surface area (Å²) in [6, 6.07) is 0. The van der Waals surface area contributed by atoms with Crippen LogP contribution in [0, 0.1) is 5.92 Å². The maximum atomic E-state index is 12.4. The molecule has 1 aliphatic rings. The van der Waals surface area contributed by atoms with Gasteiger partial charge in [-0.2, -0.15) is 0 Å². The Kier molecular flexibility index (Phi) is 6.18. The molecule has 17 heavy (non-hydrogen) atoms. The average Bonchev–Trinajstić information content (AvgIpc) is 2.30. The van der Waals surface area contributed by atoms with Crippen molar-refractivity contribution in [2.24, 2.45) is 5.92 Å². The standard InChI is InChI=1S/C15H28O2/c1-4-17-15(11-6-5-7-12-15)14(16)10-8-9-13(2)3/h13H,4-12H2,1-3H3. The van der Waals surface area contributed by atoms with E-state index >= 15 is 0 Å². The van der Waals surface area contributed by atoms with E-state index in [4.69, 9.17) is 4.74 Å². The maximum absolute atomic E-state index is 12.4. The maximum Gasteiger partial charge on any atom is 0.164 e. The van der Waals surface area contributed by atoms with Gasteiger partial charge in [-0.05, 0) is 32.1 Å². The number of hydrogen-bond donors (Lipinski definition) is 0. The van der Waals surface area contributed by atoms with Gasteiger partial charge in [0.15, 0.2) is 5.78 Å². The van der Waals surface area contributed by atoms with Crippen LogP contribution < -0.4 is 0 Å². The zero-order valence-corrected chi connectivity index (χ0v) is 11.8. The molecule has 0 aromatic heterocycles. The molecule has 0 amide bonds. The van der Waals surface area contributed by atoms with Gasteiger partial charge in [0.2, 0.25) is 0 Å². The van der Waals surface area contributed by atoms with Gasteiger partial charge in [0, 0.05) is 13.0 Å². The van der Waals surface area contributed by atoms with Gasteiger partial charge in [-0.25, -0.2) is 0 Å². The van der Waals surface area contributed by atoms with Crippen LogP contribution in [0.15, 0.2) is 0 Å². The van der Waals surface area contributed by atoms with E-state index in [1.54, 1.807) is 0 Å². The summed E-state index contributed by atoms with van der Waals surface area (Å²) < 4.78 is 5.84. The summed E-state index contributed by atoms with van der Waals surface area (Å²) in [5.41, 5.74) is -0.413. The lowest BCUT2D eigenvalue weighted by Gasteiger charge is -2.35. The highest BCUT2D eigenvalue weighted by Gasteiger charge is 2.39. The van der Waals surface area contributed by atoms with Crippen LogP contribution in [0.25, 0.3) is 0 Å². The predicted octanol–water partition coefficient (Wildman–Crippen LogP) is 4.12. The van der Waals surface area contributed by atoms with E-state index < -0.39 is 5.60 Å². The first-order valence-corrected chi connectivity index (χ1v) is 7.28. The third-order valence-electron chi connectivity index (χ3n) is 3.78. The molecule has 0 bridgehead atoms. The van der Waals surface area contributed by atoms with E-state index in [0.29, 0.717) is 24.7 Å². The van der Waals surface area contributed by atoms with Gasteiger partial charge in [0.25, 0.3) is 0 Å². The molecule has 1 aliphatic carbocycles. The van der Waals surface area contributed by atoms with Gasteiger partial charge in [-0.15, -0.1) is 0 Å². The van der Waals surface area contributed by atoms with Gasteiger partial charge < -0.3 is 4.74 Å². The molecular formula is C15H28O2. The smallest absolute Gasteiger partial charge is 0.164 e. The second-order valence-corrected chi connectivity index (χ2v) is 5.70. The lowest BCUT2D eigenvalue weighted by atomic mass is 9.79. The fourth-order valence-corrected chi connectivity index (χ4v) is 2.80. The minimum atomic E-state index is -0.413. The summed E-state index contributed by atoms with van der Waals surface area (Å²) in [5, 5.41) is 0. The predicted molar refractivity (Wildman–Crippen MR) is 71.1 cm³/mol. The Morgan fingerprint density at radius 1 is 1.24 bits per heavy atom. The molecule has 0 unspecified atom stereocenters. The Balaban J connectivity index is 2.48. The number of ketones is 1. The molecule has 1 rings (SSSR count). The molecule has 2 heteroatoms. The van der Waals surface area contributed by atoms with E-state index in [-0.39, 0.29) is 0 Å². The molecule has 0 spiro atoms. The summed E-state index contributed by atoms with van der Waals surface area (Å²) in [6.07, 6.45) is 8.32. The minimum absolute atomic E-state index is 0.361. The number of carbonyl (C=O) groups is 1. The quantitative estimate of drug-likeness (QED) is 0.669. The number of rotatable bonds is 7. The molecule has 0 aromatic carbocycles. The monoisotopic (exact) mass is 240 g/mol. The van der Waals surface area contributed by atoms with Crippen molar-refractivity contribution >= 4 is 5.78 Å². The van der Waals surface area contributed by atoms with E-state index in [2.05, 4.69) is 13.8 Å². The number of ether oxygens (including phenoxy) is 1. The van der Waals surface area contributed by atoms with Gasteiger partial charge in [-0.3, -0.25) is 4.79 Å².